The smallest absolute Gasteiger partial charge is 0.265 e. The normalized spacial score (nSPS) is 16.5. The Morgan fingerprint density at radius 1 is 1.22 bits per heavy atom. The number of rotatable bonds is 5. The average Bonchev–Trinajstić information content (AvgIpc) is 2.60. The Balaban J connectivity index is 1.91. The molecule has 0 saturated carbocycles. The highest BCUT2D eigenvalue weighted by Crippen LogP contribution is 2.37. The standard InChI is InChI=1S/C19H21ClN2O4S/c1-4-16-19(23)21-15-9-14(20)18(10-17(15)26-16)27(24,25)22-13-7-5-12(6-8-13)11(2)3/h5-11,16,22H,4H2,1-3H3,(H,21,23). The summed E-state index contributed by atoms with van der Waals surface area (Å²) in [5.41, 5.74) is 1.91. The van der Waals surface area contributed by atoms with E-state index in [0.29, 0.717) is 23.7 Å². The van der Waals surface area contributed by atoms with Gasteiger partial charge in [0, 0.05) is 11.8 Å². The highest BCUT2D eigenvalue weighted by molar-refractivity contribution is 7.92. The maximum Gasteiger partial charge on any atom is 0.265 e. The monoisotopic (exact) mass is 408 g/mol. The molecule has 0 aromatic heterocycles. The van der Waals surface area contributed by atoms with Crippen molar-refractivity contribution in [3.63, 3.8) is 0 Å². The molecule has 1 unspecified atom stereocenters. The maximum atomic E-state index is 12.8. The summed E-state index contributed by atoms with van der Waals surface area (Å²) in [6.45, 7) is 5.94. The van der Waals surface area contributed by atoms with E-state index in [2.05, 4.69) is 23.9 Å². The summed E-state index contributed by atoms with van der Waals surface area (Å²) in [5, 5.41) is 2.68. The van der Waals surface area contributed by atoms with E-state index in [1.807, 2.05) is 19.1 Å². The Kier molecular flexibility index (Phi) is 5.35. The van der Waals surface area contributed by atoms with Crippen LogP contribution >= 0.6 is 11.6 Å². The predicted octanol–water partition coefficient (Wildman–Crippen LogP) is 4.37. The number of fused-ring (bicyclic) bond motifs is 1. The first-order chi connectivity index (χ1) is 12.7. The van der Waals surface area contributed by atoms with E-state index in [4.69, 9.17) is 16.3 Å². The molecule has 1 aliphatic rings. The number of hydrogen-bond donors (Lipinski definition) is 2. The fourth-order valence-corrected chi connectivity index (χ4v) is 4.37. The van der Waals surface area contributed by atoms with Crippen molar-refractivity contribution in [3.05, 3.63) is 47.0 Å². The van der Waals surface area contributed by atoms with E-state index in [1.54, 1.807) is 12.1 Å². The second-order valence-electron chi connectivity index (χ2n) is 6.66. The fraction of sp³-hybridized carbons (Fsp3) is 0.316. The number of anilines is 2. The molecule has 1 atom stereocenters. The number of hydrogen-bond acceptors (Lipinski definition) is 4. The summed E-state index contributed by atoms with van der Waals surface area (Å²) >= 11 is 6.17. The minimum absolute atomic E-state index is 0.00102. The summed E-state index contributed by atoms with van der Waals surface area (Å²) in [7, 11) is -3.92. The number of ether oxygens (including phenoxy) is 1. The van der Waals surface area contributed by atoms with Crippen molar-refractivity contribution in [1.29, 1.82) is 0 Å². The molecule has 0 bridgehead atoms. The van der Waals surface area contributed by atoms with Crippen LogP contribution in [0.5, 0.6) is 5.75 Å². The lowest BCUT2D eigenvalue weighted by molar-refractivity contribution is -0.123. The highest BCUT2D eigenvalue weighted by atomic mass is 35.5. The first-order valence-electron chi connectivity index (χ1n) is 8.65. The van der Waals surface area contributed by atoms with Crippen molar-refractivity contribution in [2.24, 2.45) is 0 Å². The van der Waals surface area contributed by atoms with Gasteiger partial charge in [0.2, 0.25) is 0 Å². The molecule has 0 saturated heterocycles. The third kappa shape index (κ3) is 4.04. The van der Waals surface area contributed by atoms with Crippen LogP contribution in [0.4, 0.5) is 11.4 Å². The molecule has 27 heavy (non-hydrogen) atoms. The van der Waals surface area contributed by atoms with Crippen molar-refractivity contribution in [2.75, 3.05) is 10.0 Å². The van der Waals surface area contributed by atoms with Crippen molar-refractivity contribution in [3.8, 4) is 5.75 Å². The van der Waals surface area contributed by atoms with Crippen LogP contribution in [0, 0.1) is 0 Å². The third-order valence-corrected chi connectivity index (χ3v) is 6.19. The Morgan fingerprint density at radius 2 is 1.89 bits per heavy atom. The largest absolute Gasteiger partial charge is 0.478 e. The summed E-state index contributed by atoms with van der Waals surface area (Å²) in [5.74, 6) is 0.353. The minimum atomic E-state index is -3.92. The summed E-state index contributed by atoms with van der Waals surface area (Å²) in [4.78, 5) is 11.8. The van der Waals surface area contributed by atoms with Gasteiger partial charge in [-0.1, -0.05) is 44.5 Å². The lowest BCUT2D eigenvalue weighted by atomic mass is 10.0. The second kappa shape index (κ2) is 7.40. The molecule has 3 rings (SSSR count). The molecule has 0 aliphatic carbocycles. The third-order valence-electron chi connectivity index (χ3n) is 4.34. The highest BCUT2D eigenvalue weighted by Gasteiger charge is 2.29. The SMILES string of the molecule is CCC1Oc2cc(S(=O)(=O)Nc3ccc(C(C)C)cc3)c(Cl)cc2NC1=O. The molecule has 2 aromatic rings. The Hall–Kier alpha value is -2.25. The molecular weight excluding hydrogens is 388 g/mol. The van der Waals surface area contributed by atoms with E-state index >= 15 is 0 Å². The molecule has 0 spiro atoms. The number of carbonyl (C=O) groups is 1. The molecule has 1 heterocycles. The van der Waals surface area contributed by atoms with Crippen LogP contribution in [-0.4, -0.2) is 20.4 Å². The van der Waals surface area contributed by atoms with Crippen LogP contribution < -0.4 is 14.8 Å². The number of nitrogens with one attached hydrogen (secondary N) is 2. The van der Waals surface area contributed by atoms with Gasteiger partial charge in [-0.05, 0) is 36.1 Å². The molecule has 0 radical (unpaired) electrons. The molecule has 2 N–H and O–H groups in total. The van der Waals surface area contributed by atoms with Crippen molar-refractivity contribution in [2.45, 2.75) is 44.1 Å². The van der Waals surface area contributed by atoms with Gasteiger partial charge in [-0.3, -0.25) is 9.52 Å². The van der Waals surface area contributed by atoms with Crippen LogP contribution in [0.15, 0.2) is 41.3 Å². The maximum absolute atomic E-state index is 12.8. The van der Waals surface area contributed by atoms with Crippen LogP contribution in [0.3, 0.4) is 0 Å². The summed E-state index contributed by atoms with van der Waals surface area (Å²) in [6, 6.07) is 9.90. The molecule has 8 heteroatoms. The van der Waals surface area contributed by atoms with Crippen molar-refractivity contribution >= 4 is 38.9 Å². The number of benzene rings is 2. The molecule has 1 amide bonds. The number of halogens is 1. The van der Waals surface area contributed by atoms with Gasteiger partial charge in [0.25, 0.3) is 15.9 Å². The van der Waals surface area contributed by atoms with E-state index in [9.17, 15) is 13.2 Å². The summed E-state index contributed by atoms with van der Waals surface area (Å²) < 4.78 is 33.7. The van der Waals surface area contributed by atoms with Crippen LogP contribution in [-0.2, 0) is 14.8 Å². The van der Waals surface area contributed by atoms with Gasteiger partial charge < -0.3 is 10.1 Å². The molecule has 6 nitrogen and oxygen atoms in total. The predicted molar refractivity (Wildman–Crippen MR) is 106 cm³/mol. The quantitative estimate of drug-likeness (QED) is 0.769. The van der Waals surface area contributed by atoms with Gasteiger partial charge in [-0.15, -0.1) is 0 Å². The Labute approximate surface area is 163 Å². The van der Waals surface area contributed by atoms with Gasteiger partial charge in [-0.25, -0.2) is 8.42 Å². The van der Waals surface area contributed by atoms with E-state index < -0.39 is 16.1 Å². The van der Waals surface area contributed by atoms with Crippen molar-refractivity contribution < 1.29 is 17.9 Å². The topological polar surface area (TPSA) is 84.5 Å². The zero-order valence-corrected chi connectivity index (χ0v) is 16.8. The zero-order chi connectivity index (χ0) is 19.8. The number of carbonyl (C=O) groups excluding carboxylic acids is 1. The summed E-state index contributed by atoms with van der Waals surface area (Å²) in [6.07, 6.45) is -0.193. The van der Waals surface area contributed by atoms with Gasteiger partial charge in [0.05, 0.1) is 10.7 Å². The second-order valence-corrected chi connectivity index (χ2v) is 8.72. The molecule has 1 aliphatic heterocycles. The molecule has 0 fully saturated rings. The first kappa shape index (κ1) is 19.5. The molecular formula is C19H21ClN2O4S. The van der Waals surface area contributed by atoms with Gasteiger partial charge in [0.1, 0.15) is 10.6 Å². The van der Waals surface area contributed by atoms with Crippen LogP contribution in [0.2, 0.25) is 5.02 Å². The van der Waals surface area contributed by atoms with Crippen molar-refractivity contribution in [1.82, 2.24) is 0 Å². The fourth-order valence-electron chi connectivity index (χ4n) is 2.77. The first-order valence-corrected chi connectivity index (χ1v) is 10.5. The number of amides is 1. The zero-order valence-electron chi connectivity index (χ0n) is 15.2. The van der Waals surface area contributed by atoms with Gasteiger partial charge >= 0.3 is 0 Å². The van der Waals surface area contributed by atoms with Crippen LogP contribution in [0.1, 0.15) is 38.7 Å². The van der Waals surface area contributed by atoms with Crippen LogP contribution in [0.25, 0.3) is 0 Å². The lowest BCUT2D eigenvalue weighted by Crippen LogP contribution is -2.36. The Morgan fingerprint density at radius 3 is 2.48 bits per heavy atom. The van der Waals surface area contributed by atoms with E-state index in [0.717, 1.165) is 5.56 Å². The van der Waals surface area contributed by atoms with E-state index in [1.165, 1.54) is 12.1 Å². The average molecular weight is 409 g/mol. The molecule has 2 aromatic carbocycles. The molecule has 144 valence electrons. The Bertz CT molecular complexity index is 972. The minimum Gasteiger partial charge on any atom is -0.478 e. The lowest BCUT2D eigenvalue weighted by Gasteiger charge is -2.26. The number of sulfonamides is 1. The van der Waals surface area contributed by atoms with Gasteiger partial charge in [0.15, 0.2) is 6.10 Å². The van der Waals surface area contributed by atoms with E-state index in [-0.39, 0.29) is 21.6 Å². The van der Waals surface area contributed by atoms with Gasteiger partial charge in [-0.2, -0.15) is 0 Å².